The van der Waals surface area contributed by atoms with Gasteiger partial charge in [0.15, 0.2) is 0 Å². The van der Waals surface area contributed by atoms with E-state index >= 15 is 0 Å². The van der Waals surface area contributed by atoms with Gasteiger partial charge in [0.05, 0.1) is 0 Å². The number of allylic oxidation sites excluding steroid dienone is 4. The Morgan fingerprint density at radius 3 is 2.39 bits per heavy atom. The first-order valence-corrected chi connectivity index (χ1v) is 6.91. The van der Waals surface area contributed by atoms with Crippen molar-refractivity contribution in [3.63, 3.8) is 0 Å². The zero-order chi connectivity index (χ0) is 12.2. The molecule has 0 unspecified atom stereocenters. The van der Waals surface area contributed by atoms with Crippen LogP contribution in [-0.2, 0) is 0 Å². The maximum atomic E-state index is 2.23. The summed E-state index contributed by atoms with van der Waals surface area (Å²) in [6, 6.07) is 14.8. The number of hydrogen-bond acceptors (Lipinski definition) is 1. The summed E-state index contributed by atoms with van der Waals surface area (Å²) < 4.78 is 0. The first-order chi connectivity index (χ1) is 8.92. The highest BCUT2D eigenvalue weighted by Crippen LogP contribution is 2.30. The van der Waals surface area contributed by atoms with Gasteiger partial charge in [0.25, 0.3) is 0 Å². The minimum absolute atomic E-state index is 0.480. The lowest BCUT2D eigenvalue weighted by atomic mass is 10.1. The molecule has 0 spiro atoms. The van der Waals surface area contributed by atoms with Crippen molar-refractivity contribution in [2.24, 2.45) is 0 Å². The van der Waals surface area contributed by atoms with Crippen molar-refractivity contribution in [3.05, 3.63) is 82.1 Å². The van der Waals surface area contributed by atoms with Crippen LogP contribution in [-0.4, -0.2) is 0 Å². The molecule has 0 saturated heterocycles. The van der Waals surface area contributed by atoms with Crippen molar-refractivity contribution in [1.29, 1.82) is 0 Å². The van der Waals surface area contributed by atoms with Gasteiger partial charge in [0, 0.05) is 15.7 Å². The van der Waals surface area contributed by atoms with E-state index in [0.29, 0.717) is 5.92 Å². The van der Waals surface area contributed by atoms with E-state index in [9.17, 15) is 0 Å². The second-order valence-corrected chi connectivity index (χ2v) is 5.43. The Morgan fingerprint density at radius 2 is 1.61 bits per heavy atom. The van der Waals surface area contributed by atoms with Gasteiger partial charge in [-0.3, -0.25) is 0 Å². The van der Waals surface area contributed by atoms with Crippen molar-refractivity contribution in [2.45, 2.75) is 5.92 Å². The zero-order valence-corrected chi connectivity index (χ0v) is 10.8. The normalized spacial score (nSPS) is 14.9. The fourth-order valence-electron chi connectivity index (χ4n) is 2.00. The fourth-order valence-corrected chi connectivity index (χ4v) is 2.97. The number of rotatable bonds is 3. The van der Waals surface area contributed by atoms with Crippen LogP contribution in [0.25, 0.3) is 12.2 Å². The Labute approximate surface area is 112 Å². The van der Waals surface area contributed by atoms with Gasteiger partial charge in [-0.25, -0.2) is 0 Å². The molecule has 1 heterocycles. The van der Waals surface area contributed by atoms with Crippen LogP contribution in [0.5, 0.6) is 0 Å². The molecule has 0 atom stereocenters. The molecule has 0 nitrogen and oxygen atoms in total. The van der Waals surface area contributed by atoms with E-state index in [0.717, 1.165) is 0 Å². The van der Waals surface area contributed by atoms with Gasteiger partial charge in [-0.1, -0.05) is 60.7 Å². The van der Waals surface area contributed by atoms with E-state index < -0.39 is 0 Å². The molecule has 2 aromatic rings. The smallest absolute Gasteiger partial charge is 0.0299 e. The fraction of sp³-hybridized carbons (Fsp3) is 0.0588. The Bertz CT molecular complexity index is 588. The molecule has 88 valence electrons. The SMILES string of the molecule is C1=CC(c2ccc(/C=C/c3ccccc3)s2)C=C1. The van der Waals surface area contributed by atoms with Crippen molar-refractivity contribution in [3.8, 4) is 0 Å². The Balaban J connectivity index is 1.76. The molecule has 0 amide bonds. The minimum atomic E-state index is 0.480. The molecule has 18 heavy (non-hydrogen) atoms. The summed E-state index contributed by atoms with van der Waals surface area (Å²) >= 11 is 1.86. The summed E-state index contributed by atoms with van der Waals surface area (Å²) in [4.78, 5) is 2.72. The number of benzene rings is 1. The van der Waals surface area contributed by atoms with E-state index in [1.54, 1.807) is 0 Å². The van der Waals surface area contributed by atoms with Gasteiger partial charge in [0.1, 0.15) is 0 Å². The van der Waals surface area contributed by atoms with Gasteiger partial charge < -0.3 is 0 Å². The maximum absolute atomic E-state index is 2.23. The van der Waals surface area contributed by atoms with Crippen molar-refractivity contribution >= 4 is 23.5 Å². The predicted octanol–water partition coefficient (Wildman–Crippen LogP) is 5.13. The largest absolute Gasteiger partial charge is 0.140 e. The van der Waals surface area contributed by atoms with Gasteiger partial charge in [-0.05, 0) is 23.8 Å². The third-order valence-corrected chi connectivity index (χ3v) is 4.12. The molecule has 1 aromatic heterocycles. The lowest BCUT2D eigenvalue weighted by Gasteiger charge is -1.98. The van der Waals surface area contributed by atoms with Crippen LogP contribution in [0.2, 0.25) is 0 Å². The van der Waals surface area contributed by atoms with Gasteiger partial charge >= 0.3 is 0 Å². The van der Waals surface area contributed by atoms with E-state index in [4.69, 9.17) is 0 Å². The second-order valence-electron chi connectivity index (χ2n) is 4.28. The Hall–Kier alpha value is -1.86. The van der Waals surface area contributed by atoms with Crippen LogP contribution in [0.1, 0.15) is 21.2 Å². The monoisotopic (exact) mass is 250 g/mol. The van der Waals surface area contributed by atoms with Crippen LogP contribution < -0.4 is 0 Å². The van der Waals surface area contributed by atoms with Crippen molar-refractivity contribution in [1.82, 2.24) is 0 Å². The molecule has 0 fully saturated rings. The molecule has 0 aliphatic heterocycles. The molecule has 0 radical (unpaired) electrons. The van der Waals surface area contributed by atoms with Crippen molar-refractivity contribution < 1.29 is 0 Å². The molecular weight excluding hydrogens is 236 g/mol. The molecule has 1 aromatic carbocycles. The molecule has 1 aliphatic carbocycles. The van der Waals surface area contributed by atoms with Crippen LogP contribution >= 0.6 is 11.3 Å². The summed E-state index contributed by atoms with van der Waals surface area (Å²) in [5.41, 5.74) is 1.24. The molecular formula is C17H14S. The average Bonchev–Trinajstić information content (AvgIpc) is 3.08. The highest BCUT2D eigenvalue weighted by molar-refractivity contribution is 7.13. The quantitative estimate of drug-likeness (QED) is 0.708. The summed E-state index contributed by atoms with van der Waals surface area (Å²) in [6.07, 6.45) is 13.0. The molecule has 1 aliphatic rings. The minimum Gasteiger partial charge on any atom is -0.140 e. The van der Waals surface area contributed by atoms with E-state index in [-0.39, 0.29) is 0 Å². The summed E-state index contributed by atoms with van der Waals surface area (Å²) in [5.74, 6) is 0.480. The van der Waals surface area contributed by atoms with Crippen LogP contribution in [0.3, 0.4) is 0 Å². The highest BCUT2D eigenvalue weighted by Gasteiger charge is 2.08. The average molecular weight is 250 g/mol. The molecule has 3 rings (SSSR count). The van der Waals surface area contributed by atoms with Gasteiger partial charge in [0.2, 0.25) is 0 Å². The van der Waals surface area contributed by atoms with Gasteiger partial charge in [-0.15, -0.1) is 11.3 Å². The lowest BCUT2D eigenvalue weighted by Crippen LogP contribution is -1.80. The zero-order valence-electron chi connectivity index (χ0n) is 9.99. The summed E-state index contributed by atoms with van der Waals surface area (Å²) in [5, 5.41) is 0. The second kappa shape index (κ2) is 5.19. The first-order valence-electron chi connectivity index (χ1n) is 6.10. The maximum Gasteiger partial charge on any atom is 0.0299 e. The highest BCUT2D eigenvalue weighted by atomic mass is 32.1. The standard InChI is InChI=1S/C17H14S/c1-2-6-14(7-3-1)10-11-16-12-13-17(18-16)15-8-4-5-9-15/h1-13,15H/b11-10+. The topological polar surface area (TPSA) is 0 Å². The van der Waals surface area contributed by atoms with Crippen molar-refractivity contribution in [2.75, 3.05) is 0 Å². The summed E-state index contributed by atoms with van der Waals surface area (Å²) in [7, 11) is 0. The third kappa shape index (κ3) is 2.52. The van der Waals surface area contributed by atoms with E-state index in [2.05, 4.69) is 72.9 Å². The van der Waals surface area contributed by atoms with E-state index in [1.165, 1.54) is 15.3 Å². The lowest BCUT2D eigenvalue weighted by molar-refractivity contribution is 1.15. The summed E-state index contributed by atoms with van der Waals surface area (Å²) in [6.45, 7) is 0. The van der Waals surface area contributed by atoms with Crippen LogP contribution in [0, 0.1) is 0 Å². The Kier molecular flexibility index (Phi) is 3.24. The molecule has 0 saturated carbocycles. The third-order valence-electron chi connectivity index (χ3n) is 2.96. The Morgan fingerprint density at radius 1 is 0.833 bits per heavy atom. The van der Waals surface area contributed by atoms with Crippen LogP contribution in [0.4, 0.5) is 0 Å². The first kappa shape index (κ1) is 11.2. The predicted molar refractivity (Wildman–Crippen MR) is 80.7 cm³/mol. The van der Waals surface area contributed by atoms with Crippen LogP contribution in [0.15, 0.2) is 66.8 Å². The molecule has 0 bridgehead atoms. The molecule has 1 heteroatoms. The number of thiophene rings is 1. The van der Waals surface area contributed by atoms with Gasteiger partial charge in [-0.2, -0.15) is 0 Å². The number of hydrogen-bond donors (Lipinski definition) is 0. The van der Waals surface area contributed by atoms with E-state index in [1.807, 2.05) is 17.4 Å². The molecule has 0 N–H and O–H groups in total.